The van der Waals surface area contributed by atoms with Gasteiger partial charge in [0.2, 0.25) is 5.43 Å². The molecule has 0 unspecified atom stereocenters. The molecule has 2 aromatic heterocycles. The Labute approximate surface area is 259 Å². The van der Waals surface area contributed by atoms with E-state index in [1.165, 1.54) is 11.3 Å². The second-order valence-corrected chi connectivity index (χ2v) is 11.2. The first kappa shape index (κ1) is 30.7. The van der Waals surface area contributed by atoms with Crippen molar-refractivity contribution in [3.63, 3.8) is 0 Å². The second-order valence-electron chi connectivity index (χ2n) is 10.2. The Kier molecular flexibility index (Phi) is 9.52. The van der Waals surface area contributed by atoms with Gasteiger partial charge in [-0.25, -0.2) is 4.79 Å². The topological polar surface area (TPSA) is 99.5 Å². The Morgan fingerprint density at radius 1 is 0.909 bits per heavy atom. The van der Waals surface area contributed by atoms with Gasteiger partial charge in [0.05, 0.1) is 39.0 Å². The van der Waals surface area contributed by atoms with Gasteiger partial charge >= 0.3 is 6.16 Å². The van der Waals surface area contributed by atoms with Gasteiger partial charge in [-0.1, -0.05) is 36.4 Å². The van der Waals surface area contributed by atoms with Crippen molar-refractivity contribution in [3.05, 3.63) is 106 Å². The number of aromatic hydroxyl groups is 1. The minimum atomic E-state index is -0.948. The van der Waals surface area contributed by atoms with Crippen LogP contribution in [0.2, 0.25) is 0 Å². The summed E-state index contributed by atoms with van der Waals surface area (Å²) in [5.74, 6) is 1.49. The number of nitrogens with zero attached hydrogens (tertiary/aromatic N) is 2. The number of ether oxygens (including phenoxy) is 4. The molecule has 0 amide bonds. The fourth-order valence-corrected chi connectivity index (χ4v) is 6.39. The fourth-order valence-electron chi connectivity index (χ4n) is 5.10. The normalized spacial score (nSPS) is 11.1. The molecule has 0 spiro atoms. The van der Waals surface area contributed by atoms with E-state index in [1.807, 2.05) is 77.2 Å². The maximum atomic E-state index is 14.1. The first-order chi connectivity index (χ1) is 21.3. The first-order valence-electron chi connectivity index (χ1n) is 14.1. The first-order valence-corrected chi connectivity index (χ1v) is 14.9. The van der Waals surface area contributed by atoms with Gasteiger partial charge in [0.25, 0.3) is 0 Å². The molecular weight excluding hydrogens is 580 g/mol. The van der Waals surface area contributed by atoms with E-state index >= 15 is 0 Å². The molecule has 0 saturated heterocycles. The van der Waals surface area contributed by atoms with Crippen LogP contribution < -0.4 is 19.6 Å². The number of aromatic nitrogens is 1. The van der Waals surface area contributed by atoms with Crippen molar-refractivity contribution in [3.8, 4) is 33.4 Å². The minimum absolute atomic E-state index is 0.110. The molecule has 0 aliphatic rings. The van der Waals surface area contributed by atoms with Crippen molar-refractivity contribution >= 4 is 27.7 Å². The molecule has 5 rings (SSSR count). The summed E-state index contributed by atoms with van der Waals surface area (Å²) in [6.45, 7) is 2.96. The average molecular weight is 615 g/mol. The summed E-state index contributed by atoms with van der Waals surface area (Å²) in [5, 5.41) is 10.9. The van der Waals surface area contributed by atoms with E-state index in [1.54, 1.807) is 39.5 Å². The Hall–Kier alpha value is -4.80. The molecule has 3 aromatic carbocycles. The Balaban J connectivity index is 1.71. The number of fused-ring (bicyclic) bond motifs is 1. The standard InChI is InChI=1S/C34H34N2O7S/c1-5-42-34(39)43-29-21-36(19-24-11-7-9-13-28(24)41-4)33-30(31(29)38)26(20-35(2)18-23-10-6-8-12-27(23)37)32(44-33)22-14-16-25(40-3)17-15-22/h6-17,21,37H,5,18-20H2,1-4H3. The highest BCUT2D eigenvalue weighted by molar-refractivity contribution is 7.22. The minimum Gasteiger partial charge on any atom is -0.508 e. The summed E-state index contributed by atoms with van der Waals surface area (Å²) in [4.78, 5) is 30.2. The number of thiophene rings is 1. The van der Waals surface area contributed by atoms with Gasteiger partial charge in [0.1, 0.15) is 22.1 Å². The smallest absolute Gasteiger partial charge is 0.508 e. The summed E-state index contributed by atoms with van der Waals surface area (Å²) in [6, 6.07) is 22.5. The number of benzene rings is 3. The number of rotatable bonds is 11. The van der Waals surface area contributed by atoms with E-state index in [0.29, 0.717) is 41.3 Å². The number of hydrogen-bond donors (Lipinski definition) is 1. The monoisotopic (exact) mass is 614 g/mol. The molecule has 0 aliphatic carbocycles. The molecule has 5 aromatic rings. The number of carbonyl (C=O) groups is 1. The van der Waals surface area contributed by atoms with Crippen LogP contribution in [0, 0.1) is 0 Å². The lowest BCUT2D eigenvalue weighted by Crippen LogP contribution is -2.21. The zero-order valence-corrected chi connectivity index (χ0v) is 25.8. The number of methoxy groups -OCH3 is 2. The SMILES string of the molecule is CCOC(=O)Oc1cn(Cc2ccccc2OC)c2sc(-c3ccc(OC)cc3)c(CN(C)Cc3ccccc3O)c2c1=O. The van der Waals surface area contributed by atoms with E-state index in [4.69, 9.17) is 18.9 Å². The molecule has 2 heterocycles. The van der Waals surface area contributed by atoms with Crippen molar-refractivity contribution in [2.75, 3.05) is 27.9 Å². The number of carbonyl (C=O) groups excluding carboxylic acids is 1. The molecule has 0 aliphatic heterocycles. The Morgan fingerprint density at radius 3 is 2.30 bits per heavy atom. The van der Waals surface area contributed by atoms with Crippen molar-refractivity contribution in [1.29, 1.82) is 0 Å². The molecule has 0 bridgehead atoms. The number of para-hydroxylation sites is 2. The van der Waals surface area contributed by atoms with Crippen LogP contribution in [0.3, 0.4) is 0 Å². The van der Waals surface area contributed by atoms with E-state index in [0.717, 1.165) is 27.1 Å². The molecule has 44 heavy (non-hydrogen) atoms. The molecule has 0 fully saturated rings. The Morgan fingerprint density at radius 2 is 1.61 bits per heavy atom. The predicted octanol–water partition coefficient (Wildman–Crippen LogP) is 6.67. The van der Waals surface area contributed by atoms with Crippen LogP contribution in [0.25, 0.3) is 20.7 Å². The predicted molar refractivity (Wildman–Crippen MR) is 171 cm³/mol. The van der Waals surface area contributed by atoms with Gasteiger partial charge in [0, 0.05) is 29.1 Å². The largest absolute Gasteiger partial charge is 0.514 e. The molecule has 9 nitrogen and oxygen atoms in total. The van der Waals surface area contributed by atoms with Crippen LogP contribution in [0.15, 0.2) is 83.8 Å². The highest BCUT2D eigenvalue weighted by Crippen LogP contribution is 2.40. The lowest BCUT2D eigenvalue weighted by Gasteiger charge is -2.19. The van der Waals surface area contributed by atoms with Crippen LogP contribution >= 0.6 is 11.3 Å². The van der Waals surface area contributed by atoms with Crippen LogP contribution in [0.4, 0.5) is 4.79 Å². The van der Waals surface area contributed by atoms with Gasteiger partial charge in [-0.05, 0) is 61.5 Å². The van der Waals surface area contributed by atoms with Gasteiger partial charge < -0.3 is 28.6 Å². The van der Waals surface area contributed by atoms with Crippen molar-refractivity contribution in [1.82, 2.24) is 9.47 Å². The van der Waals surface area contributed by atoms with E-state index in [-0.39, 0.29) is 18.1 Å². The average Bonchev–Trinajstić information content (AvgIpc) is 3.40. The molecule has 0 saturated carbocycles. The van der Waals surface area contributed by atoms with Gasteiger partial charge in [-0.3, -0.25) is 9.69 Å². The highest BCUT2D eigenvalue weighted by atomic mass is 32.1. The quantitative estimate of drug-likeness (QED) is 0.165. The van der Waals surface area contributed by atoms with E-state index in [9.17, 15) is 14.7 Å². The van der Waals surface area contributed by atoms with Crippen LogP contribution in [0.5, 0.6) is 23.0 Å². The fraction of sp³-hybridized carbons (Fsp3) is 0.235. The number of pyridine rings is 1. The van der Waals surface area contributed by atoms with Crippen molar-refractivity contribution in [2.24, 2.45) is 0 Å². The van der Waals surface area contributed by atoms with Gasteiger partial charge in [-0.2, -0.15) is 0 Å². The third-order valence-corrected chi connectivity index (χ3v) is 8.49. The van der Waals surface area contributed by atoms with Crippen molar-refractivity contribution < 1.29 is 28.8 Å². The zero-order valence-electron chi connectivity index (χ0n) is 25.0. The van der Waals surface area contributed by atoms with Crippen molar-refractivity contribution in [2.45, 2.75) is 26.6 Å². The summed E-state index contributed by atoms with van der Waals surface area (Å²) in [6.07, 6.45) is 0.606. The summed E-state index contributed by atoms with van der Waals surface area (Å²) in [5.41, 5.74) is 2.93. The van der Waals surface area contributed by atoms with Crippen LogP contribution in [-0.4, -0.2) is 48.6 Å². The summed E-state index contributed by atoms with van der Waals surface area (Å²) >= 11 is 1.49. The lowest BCUT2D eigenvalue weighted by atomic mass is 10.0. The maximum Gasteiger partial charge on any atom is 0.514 e. The molecular formula is C34H34N2O7S. The third-order valence-electron chi connectivity index (χ3n) is 7.17. The molecule has 1 N–H and O–H groups in total. The number of hydrogen-bond acceptors (Lipinski definition) is 9. The summed E-state index contributed by atoms with van der Waals surface area (Å²) in [7, 11) is 5.16. The van der Waals surface area contributed by atoms with Crippen LogP contribution in [-0.2, 0) is 24.4 Å². The maximum absolute atomic E-state index is 14.1. The molecule has 0 radical (unpaired) electrons. The second kappa shape index (κ2) is 13.7. The van der Waals surface area contributed by atoms with E-state index in [2.05, 4.69) is 0 Å². The summed E-state index contributed by atoms with van der Waals surface area (Å²) < 4.78 is 23.4. The Bertz CT molecular complexity index is 1830. The van der Waals surface area contributed by atoms with Gasteiger partial charge in [0.15, 0.2) is 5.75 Å². The van der Waals surface area contributed by atoms with Crippen LogP contribution in [0.1, 0.15) is 23.6 Å². The molecule has 0 atom stereocenters. The number of phenols is 1. The number of phenolic OH excluding ortho intramolecular Hbond substituents is 1. The highest BCUT2D eigenvalue weighted by Gasteiger charge is 2.24. The molecule has 10 heteroatoms. The zero-order chi connectivity index (χ0) is 31.2. The van der Waals surface area contributed by atoms with E-state index < -0.39 is 11.6 Å². The van der Waals surface area contributed by atoms with Gasteiger partial charge in [-0.15, -0.1) is 11.3 Å². The third kappa shape index (κ3) is 6.56. The molecule has 228 valence electrons. The lowest BCUT2D eigenvalue weighted by molar-refractivity contribution is 0.104.